The predicted molar refractivity (Wildman–Crippen MR) is 130 cm³/mol. The lowest BCUT2D eigenvalue weighted by Crippen LogP contribution is -2.70. The molecule has 1 spiro atoms. The van der Waals surface area contributed by atoms with Gasteiger partial charge in [0.05, 0.1) is 29.6 Å². The number of aliphatic hydroxyl groups excluding tert-OH is 1. The highest BCUT2D eigenvalue weighted by Gasteiger charge is 2.71. The number of allylic oxidation sites excluding steroid dienone is 1. The first-order chi connectivity index (χ1) is 16.1. The molecule has 5 aliphatic rings. The average molecular weight is 486 g/mol. The van der Waals surface area contributed by atoms with E-state index in [1.165, 1.54) is 18.3 Å². The van der Waals surface area contributed by atoms with Crippen LogP contribution in [-0.4, -0.2) is 42.1 Å². The third-order valence-corrected chi connectivity index (χ3v) is 10.6. The molecule has 1 aromatic rings. The maximum Gasteiger partial charge on any atom is 0.302 e. The monoisotopic (exact) mass is 485 g/mol. The SMILES string of the molecule is C=C1C(=O)[C@]23CC[C@H]1CC2[C@]1(COC(C)=O)CCCC(C)(COC(=N)c2cccs2)C1C[C@H]3O. The van der Waals surface area contributed by atoms with Crippen molar-refractivity contribution in [3.8, 4) is 0 Å². The van der Waals surface area contributed by atoms with Crippen molar-refractivity contribution in [3.05, 3.63) is 34.5 Å². The molecule has 0 aliphatic heterocycles. The van der Waals surface area contributed by atoms with Crippen LogP contribution < -0.4 is 0 Å². The number of aliphatic hydroxyl groups is 1. The van der Waals surface area contributed by atoms with Crippen LogP contribution in [0.15, 0.2) is 29.7 Å². The second-order valence-electron chi connectivity index (χ2n) is 11.3. The van der Waals surface area contributed by atoms with Crippen LogP contribution in [0.4, 0.5) is 0 Å². The summed E-state index contributed by atoms with van der Waals surface area (Å²) in [7, 11) is 0. The lowest BCUT2D eigenvalue weighted by Gasteiger charge is -2.68. The summed E-state index contributed by atoms with van der Waals surface area (Å²) in [5.41, 5.74) is -0.831. The van der Waals surface area contributed by atoms with Gasteiger partial charge in [0, 0.05) is 17.8 Å². The molecule has 5 fully saturated rings. The molecule has 1 aromatic heterocycles. The van der Waals surface area contributed by atoms with E-state index in [1.807, 2.05) is 17.5 Å². The number of nitrogens with one attached hydrogen (secondary N) is 1. The summed E-state index contributed by atoms with van der Waals surface area (Å²) in [5.74, 6) is 0.0278. The van der Waals surface area contributed by atoms with Gasteiger partial charge in [0.25, 0.3) is 0 Å². The number of esters is 1. The molecular formula is C27H35NO5S. The molecule has 6 rings (SSSR count). The summed E-state index contributed by atoms with van der Waals surface area (Å²) in [6, 6.07) is 3.79. The van der Waals surface area contributed by atoms with Crippen molar-refractivity contribution in [2.45, 2.75) is 64.9 Å². The first kappa shape index (κ1) is 23.7. The van der Waals surface area contributed by atoms with Gasteiger partial charge in [-0.15, -0.1) is 11.3 Å². The standard InChI is InChI=1S/C27H35NO5S/c1-16-18-7-10-27(23(16)31)21(12-18)26(15-32-17(2)29)9-5-8-25(3,20(26)13-22(27)30)14-33-24(28)19-6-4-11-34-19/h4,6,11,18,20-22,28,30H,1,5,7-10,12-15H2,2-3H3/t18-,20?,21?,22+,25?,26-,27+/m0/s1. The second kappa shape index (κ2) is 8.30. The minimum Gasteiger partial charge on any atom is -0.476 e. The van der Waals surface area contributed by atoms with Crippen LogP contribution in [0.25, 0.3) is 0 Å². The van der Waals surface area contributed by atoms with Gasteiger partial charge in [-0.25, -0.2) is 0 Å². The van der Waals surface area contributed by atoms with Gasteiger partial charge < -0.3 is 14.6 Å². The highest BCUT2D eigenvalue weighted by Crippen LogP contribution is 2.71. The van der Waals surface area contributed by atoms with Crippen molar-refractivity contribution < 1.29 is 24.2 Å². The maximum absolute atomic E-state index is 13.6. The van der Waals surface area contributed by atoms with E-state index >= 15 is 0 Å². The Hall–Kier alpha value is -1.99. The second-order valence-corrected chi connectivity index (χ2v) is 12.3. The molecule has 0 amide bonds. The van der Waals surface area contributed by atoms with Crippen LogP contribution in [0.2, 0.25) is 0 Å². The van der Waals surface area contributed by atoms with Crippen molar-refractivity contribution in [1.29, 1.82) is 5.41 Å². The molecule has 5 aliphatic carbocycles. The van der Waals surface area contributed by atoms with Crippen LogP contribution >= 0.6 is 11.3 Å². The fourth-order valence-electron chi connectivity index (χ4n) is 8.20. The van der Waals surface area contributed by atoms with Gasteiger partial charge in [-0.3, -0.25) is 15.0 Å². The number of fused-ring (bicyclic) bond motifs is 3. The van der Waals surface area contributed by atoms with E-state index in [-0.39, 0.29) is 52.8 Å². The molecule has 7 atom stereocenters. The summed E-state index contributed by atoms with van der Waals surface area (Å²) < 4.78 is 11.8. The lowest BCUT2D eigenvalue weighted by atomic mass is 9.35. The van der Waals surface area contributed by atoms with Crippen LogP contribution in [0.1, 0.15) is 63.7 Å². The van der Waals surface area contributed by atoms with Crippen LogP contribution in [0.3, 0.4) is 0 Å². The van der Waals surface area contributed by atoms with Gasteiger partial charge in [0.1, 0.15) is 0 Å². The summed E-state index contributed by atoms with van der Waals surface area (Å²) in [4.78, 5) is 26.4. The number of thiophene rings is 1. The van der Waals surface area contributed by atoms with Gasteiger partial charge >= 0.3 is 5.97 Å². The Labute approximate surface area is 205 Å². The molecule has 1 heterocycles. The molecule has 34 heavy (non-hydrogen) atoms. The number of hydrogen-bond donors (Lipinski definition) is 2. The Kier molecular flexibility index (Phi) is 5.79. The van der Waals surface area contributed by atoms with E-state index in [0.717, 1.165) is 37.0 Å². The minimum absolute atomic E-state index is 0.0234. The van der Waals surface area contributed by atoms with Gasteiger partial charge in [-0.2, -0.15) is 0 Å². The maximum atomic E-state index is 13.6. The summed E-state index contributed by atoms with van der Waals surface area (Å²) >= 11 is 1.48. The minimum atomic E-state index is -0.814. The summed E-state index contributed by atoms with van der Waals surface area (Å²) in [6.45, 7) is 8.38. The third-order valence-electron chi connectivity index (χ3n) is 9.76. The Morgan fingerprint density at radius 3 is 2.74 bits per heavy atom. The van der Waals surface area contributed by atoms with E-state index in [9.17, 15) is 14.7 Å². The number of hydrogen-bond acceptors (Lipinski definition) is 7. The lowest BCUT2D eigenvalue weighted by molar-refractivity contribution is -0.236. The van der Waals surface area contributed by atoms with Gasteiger partial charge in [-0.05, 0) is 73.3 Å². The molecule has 2 bridgehead atoms. The molecule has 184 valence electrons. The highest BCUT2D eigenvalue weighted by molar-refractivity contribution is 7.12. The average Bonchev–Trinajstić information content (AvgIpc) is 3.36. The highest BCUT2D eigenvalue weighted by atomic mass is 32.1. The van der Waals surface area contributed by atoms with E-state index in [4.69, 9.17) is 14.9 Å². The number of carbonyl (C=O) groups is 2. The number of Topliss-reactive ketones (excluding diaryl/α,β-unsaturated/α-hetero) is 1. The first-order valence-electron chi connectivity index (χ1n) is 12.4. The van der Waals surface area contributed by atoms with E-state index < -0.39 is 11.5 Å². The molecule has 5 saturated carbocycles. The molecule has 2 N–H and O–H groups in total. The number of rotatable bonds is 5. The third kappa shape index (κ3) is 3.34. The zero-order chi connectivity index (χ0) is 24.3. The van der Waals surface area contributed by atoms with Crippen LogP contribution in [-0.2, 0) is 19.1 Å². The molecule has 0 saturated heterocycles. The fraction of sp³-hybridized carbons (Fsp3) is 0.667. The van der Waals surface area contributed by atoms with E-state index in [1.54, 1.807) is 0 Å². The Balaban J connectivity index is 1.51. The molecule has 0 radical (unpaired) electrons. The first-order valence-corrected chi connectivity index (χ1v) is 13.3. The van der Waals surface area contributed by atoms with Crippen molar-refractivity contribution in [1.82, 2.24) is 0 Å². The molecule has 7 heteroatoms. The van der Waals surface area contributed by atoms with Crippen molar-refractivity contribution in [2.24, 2.45) is 34.0 Å². The van der Waals surface area contributed by atoms with Crippen LogP contribution in [0.5, 0.6) is 0 Å². The van der Waals surface area contributed by atoms with E-state index in [0.29, 0.717) is 25.0 Å². The number of ketones is 1. The molecule has 3 unspecified atom stereocenters. The van der Waals surface area contributed by atoms with Crippen molar-refractivity contribution >= 4 is 29.0 Å². The predicted octanol–water partition coefficient (Wildman–Crippen LogP) is 4.75. The fourth-order valence-corrected chi connectivity index (χ4v) is 8.83. The topological polar surface area (TPSA) is 96.7 Å². The Morgan fingerprint density at radius 1 is 1.24 bits per heavy atom. The van der Waals surface area contributed by atoms with E-state index in [2.05, 4.69) is 13.5 Å². The Morgan fingerprint density at radius 2 is 2.03 bits per heavy atom. The van der Waals surface area contributed by atoms with Gasteiger partial charge in [0.15, 0.2) is 5.78 Å². The van der Waals surface area contributed by atoms with Crippen molar-refractivity contribution in [2.75, 3.05) is 13.2 Å². The van der Waals surface area contributed by atoms with Gasteiger partial charge in [0.2, 0.25) is 5.90 Å². The normalized spacial score (nSPS) is 40.9. The largest absolute Gasteiger partial charge is 0.476 e. The number of ether oxygens (including phenoxy) is 2. The Bertz CT molecular complexity index is 1020. The quantitative estimate of drug-likeness (QED) is 0.271. The molecular weight excluding hydrogens is 450 g/mol. The molecule has 6 nitrogen and oxygen atoms in total. The zero-order valence-corrected chi connectivity index (χ0v) is 20.9. The zero-order valence-electron chi connectivity index (χ0n) is 20.1. The number of carbonyl (C=O) groups excluding carboxylic acids is 2. The summed E-state index contributed by atoms with van der Waals surface area (Å²) in [6.07, 6.45) is 4.85. The summed E-state index contributed by atoms with van der Waals surface area (Å²) in [5, 5.41) is 21.9. The van der Waals surface area contributed by atoms with Gasteiger partial charge in [-0.1, -0.05) is 26.0 Å². The molecule has 0 aromatic carbocycles. The van der Waals surface area contributed by atoms with Crippen molar-refractivity contribution in [3.63, 3.8) is 0 Å². The smallest absolute Gasteiger partial charge is 0.302 e. The van der Waals surface area contributed by atoms with Crippen LogP contribution in [0, 0.1) is 39.4 Å².